The van der Waals surface area contributed by atoms with Gasteiger partial charge >= 0.3 is 6.18 Å². The summed E-state index contributed by atoms with van der Waals surface area (Å²) in [6.07, 6.45) is -3.47. The molecule has 0 aromatic heterocycles. The van der Waals surface area contributed by atoms with Gasteiger partial charge in [-0.15, -0.1) is 0 Å². The summed E-state index contributed by atoms with van der Waals surface area (Å²) in [5.41, 5.74) is -0.228. The van der Waals surface area contributed by atoms with Crippen molar-refractivity contribution in [3.63, 3.8) is 0 Å². The number of aliphatic hydroxyl groups excluding tert-OH is 1. The first-order valence-electron chi connectivity index (χ1n) is 7.37. The van der Waals surface area contributed by atoms with Crippen molar-refractivity contribution >= 4 is 11.4 Å². The summed E-state index contributed by atoms with van der Waals surface area (Å²) < 4.78 is 66.4. The lowest BCUT2D eigenvalue weighted by Gasteiger charge is -2.32. The van der Waals surface area contributed by atoms with E-state index in [9.17, 15) is 27.1 Å². The van der Waals surface area contributed by atoms with Crippen LogP contribution in [0.1, 0.15) is 23.1 Å². The molecule has 0 saturated carbocycles. The number of anilines is 2. The maximum atomic E-state index is 14.2. The second kappa shape index (κ2) is 6.05. The third kappa shape index (κ3) is 2.96. The van der Waals surface area contributed by atoms with Gasteiger partial charge in [-0.05, 0) is 48.2 Å². The van der Waals surface area contributed by atoms with E-state index < -0.39 is 30.0 Å². The van der Waals surface area contributed by atoms with Crippen LogP contribution in [0.15, 0.2) is 30.3 Å². The predicted octanol–water partition coefficient (Wildman–Crippen LogP) is 4.56. The van der Waals surface area contributed by atoms with Crippen LogP contribution in [-0.2, 0) is 19.2 Å². The van der Waals surface area contributed by atoms with Crippen molar-refractivity contribution in [2.45, 2.75) is 25.6 Å². The average Bonchev–Trinajstić information content (AvgIpc) is 2.52. The fourth-order valence-corrected chi connectivity index (χ4v) is 3.07. The Hall–Kier alpha value is -2.15. The lowest BCUT2D eigenvalue weighted by atomic mass is 9.99. The summed E-state index contributed by atoms with van der Waals surface area (Å²) in [7, 11) is 0. The maximum Gasteiger partial charge on any atom is 0.416 e. The molecule has 0 atom stereocenters. The Morgan fingerprint density at radius 1 is 1.08 bits per heavy atom. The van der Waals surface area contributed by atoms with E-state index in [-0.39, 0.29) is 11.3 Å². The van der Waals surface area contributed by atoms with E-state index in [1.54, 1.807) is 0 Å². The zero-order valence-electron chi connectivity index (χ0n) is 12.5. The molecule has 1 N–H and O–H groups in total. The highest BCUT2D eigenvalue weighted by Gasteiger charge is 2.34. The van der Waals surface area contributed by atoms with Crippen LogP contribution in [0.25, 0.3) is 0 Å². The molecule has 3 rings (SSSR count). The molecule has 0 saturated heterocycles. The SMILES string of the molecule is OCc1cc(N2CCCc3cc(F)cc(F)c32)ccc1C(F)(F)F. The second-order valence-electron chi connectivity index (χ2n) is 5.65. The van der Waals surface area contributed by atoms with E-state index in [1.807, 2.05) is 0 Å². The average molecular weight is 343 g/mol. The molecule has 2 aromatic rings. The van der Waals surface area contributed by atoms with Crippen molar-refractivity contribution in [3.05, 3.63) is 58.7 Å². The van der Waals surface area contributed by atoms with Gasteiger partial charge in [0.2, 0.25) is 0 Å². The predicted molar refractivity (Wildman–Crippen MR) is 79.1 cm³/mol. The van der Waals surface area contributed by atoms with Crippen LogP contribution in [0.3, 0.4) is 0 Å². The van der Waals surface area contributed by atoms with Gasteiger partial charge in [-0.1, -0.05) is 0 Å². The number of fused-ring (bicyclic) bond motifs is 1. The molecule has 7 heteroatoms. The molecule has 1 heterocycles. The molecule has 24 heavy (non-hydrogen) atoms. The molecule has 0 aliphatic carbocycles. The van der Waals surface area contributed by atoms with Gasteiger partial charge in [0.25, 0.3) is 0 Å². The van der Waals surface area contributed by atoms with Crippen LogP contribution in [0.2, 0.25) is 0 Å². The minimum atomic E-state index is -4.58. The first-order valence-corrected chi connectivity index (χ1v) is 7.37. The zero-order valence-corrected chi connectivity index (χ0v) is 12.5. The summed E-state index contributed by atoms with van der Waals surface area (Å²) in [6.45, 7) is -0.388. The van der Waals surface area contributed by atoms with Crippen LogP contribution in [0, 0.1) is 11.6 Å². The van der Waals surface area contributed by atoms with Gasteiger partial charge in [0.05, 0.1) is 17.9 Å². The van der Waals surface area contributed by atoms with Gasteiger partial charge in [-0.3, -0.25) is 0 Å². The van der Waals surface area contributed by atoms with Gasteiger partial charge in [-0.25, -0.2) is 8.78 Å². The van der Waals surface area contributed by atoms with Gasteiger partial charge in [0.15, 0.2) is 0 Å². The molecule has 1 aliphatic heterocycles. The highest BCUT2D eigenvalue weighted by molar-refractivity contribution is 5.69. The molecule has 0 unspecified atom stereocenters. The lowest BCUT2D eigenvalue weighted by molar-refractivity contribution is -0.138. The Labute approximate surface area is 135 Å². The Morgan fingerprint density at radius 2 is 1.83 bits per heavy atom. The van der Waals surface area contributed by atoms with Crippen LogP contribution < -0.4 is 4.90 Å². The van der Waals surface area contributed by atoms with Crippen molar-refractivity contribution < 1.29 is 27.1 Å². The molecule has 0 amide bonds. The quantitative estimate of drug-likeness (QED) is 0.808. The van der Waals surface area contributed by atoms with Crippen molar-refractivity contribution in [1.82, 2.24) is 0 Å². The van der Waals surface area contributed by atoms with Gasteiger partial charge in [0.1, 0.15) is 11.6 Å². The van der Waals surface area contributed by atoms with Crippen molar-refractivity contribution in [1.29, 1.82) is 0 Å². The zero-order chi connectivity index (χ0) is 17.5. The van der Waals surface area contributed by atoms with E-state index >= 15 is 0 Å². The summed E-state index contributed by atoms with van der Waals surface area (Å²) in [5, 5.41) is 9.25. The monoisotopic (exact) mass is 343 g/mol. The first-order chi connectivity index (χ1) is 11.3. The normalized spacial score (nSPS) is 14.7. The topological polar surface area (TPSA) is 23.5 Å². The number of aliphatic hydroxyl groups is 1. The fourth-order valence-electron chi connectivity index (χ4n) is 3.07. The number of aryl methyl sites for hydroxylation is 1. The molecule has 2 nitrogen and oxygen atoms in total. The van der Waals surface area contributed by atoms with Crippen LogP contribution >= 0.6 is 0 Å². The molecular weight excluding hydrogens is 329 g/mol. The Morgan fingerprint density at radius 3 is 2.50 bits per heavy atom. The molecular formula is C17H14F5NO. The largest absolute Gasteiger partial charge is 0.416 e. The van der Waals surface area contributed by atoms with E-state index in [4.69, 9.17) is 0 Å². The van der Waals surface area contributed by atoms with Crippen LogP contribution in [0.5, 0.6) is 0 Å². The summed E-state index contributed by atoms with van der Waals surface area (Å²) in [5.74, 6) is -1.44. The lowest BCUT2D eigenvalue weighted by Crippen LogP contribution is -2.26. The number of hydrogen-bond donors (Lipinski definition) is 1. The molecule has 128 valence electrons. The molecule has 1 aliphatic rings. The van der Waals surface area contributed by atoms with Gasteiger partial charge in [-0.2, -0.15) is 13.2 Å². The number of nitrogens with zero attached hydrogens (tertiary/aromatic N) is 1. The summed E-state index contributed by atoms with van der Waals surface area (Å²) in [4.78, 5) is 1.52. The molecule has 0 fully saturated rings. The maximum absolute atomic E-state index is 14.2. The molecule has 0 bridgehead atoms. The number of rotatable bonds is 2. The minimum absolute atomic E-state index is 0.172. The van der Waals surface area contributed by atoms with E-state index in [0.717, 1.165) is 12.1 Å². The van der Waals surface area contributed by atoms with Gasteiger partial charge in [0, 0.05) is 18.3 Å². The van der Waals surface area contributed by atoms with Crippen molar-refractivity contribution in [2.75, 3.05) is 11.4 Å². The van der Waals surface area contributed by atoms with E-state index in [1.165, 1.54) is 23.1 Å². The van der Waals surface area contributed by atoms with E-state index in [2.05, 4.69) is 0 Å². The van der Waals surface area contributed by atoms with Crippen molar-refractivity contribution in [2.24, 2.45) is 0 Å². The summed E-state index contributed by atoms with van der Waals surface area (Å²) in [6, 6.07) is 5.30. The van der Waals surface area contributed by atoms with Crippen molar-refractivity contribution in [3.8, 4) is 0 Å². The number of benzene rings is 2. The number of hydrogen-bond acceptors (Lipinski definition) is 2. The number of halogens is 5. The third-order valence-corrected chi connectivity index (χ3v) is 4.08. The Balaban J connectivity index is 2.09. The number of alkyl halides is 3. The second-order valence-corrected chi connectivity index (χ2v) is 5.65. The van der Waals surface area contributed by atoms with Crippen LogP contribution in [-0.4, -0.2) is 11.7 Å². The minimum Gasteiger partial charge on any atom is -0.392 e. The summed E-state index contributed by atoms with van der Waals surface area (Å²) >= 11 is 0. The Kier molecular flexibility index (Phi) is 4.21. The highest BCUT2D eigenvalue weighted by atomic mass is 19.4. The molecule has 0 radical (unpaired) electrons. The third-order valence-electron chi connectivity index (χ3n) is 4.08. The van der Waals surface area contributed by atoms with Crippen LogP contribution in [0.4, 0.5) is 33.3 Å². The first kappa shape index (κ1) is 16.7. The smallest absolute Gasteiger partial charge is 0.392 e. The fraction of sp³-hybridized carbons (Fsp3) is 0.294. The van der Waals surface area contributed by atoms with Gasteiger partial charge < -0.3 is 10.0 Å². The molecule has 2 aromatic carbocycles. The Bertz CT molecular complexity index is 772. The molecule has 0 spiro atoms. The highest BCUT2D eigenvalue weighted by Crippen LogP contribution is 2.39. The van der Waals surface area contributed by atoms with E-state index in [0.29, 0.717) is 30.6 Å². The standard InChI is InChI=1S/C17H14F5NO/c18-12-6-10-2-1-5-23(16(10)15(19)8-12)13-3-4-14(17(20,21)22)11(7-13)9-24/h3-4,6-8,24H,1-2,5,9H2.